The first-order valence-electron chi connectivity index (χ1n) is 5.58. The van der Waals surface area contributed by atoms with Crippen LogP contribution in [0.15, 0.2) is 36.8 Å². The molecule has 2 aromatic heterocycles. The molecule has 0 radical (unpaired) electrons. The predicted octanol–water partition coefficient (Wildman–Crippen LogP) is 3.01. The van der Waals surface area contributed by atoms with E-state index in [4.69, 9.17) is 4.74 Å². The second kappa shape index (κ2) is 5.30. The molecular weight excluding hydrogens is 214 g/mol. The first-order chi connectivity index (χ1) is 8.29. The number of anilines is 1. The summed E-state index contributed by atoms with van der Waals surface area (Å²) in [5.74, 6) is 1.46. The summed E-state index contributed by atoms with van der Waals surface area (Å²) in [7, 11) is 0. The van der Waals surface area contributed by atoms with Crippen LogP contribution in [0.25, 0.3) is 0 Å². The highest BCUT2D eigenvalue weighted by Crippen LogP contribution is 2.24. The number of rotatable bonds is 4. The van der Waals surface area contributed by atoms with Crippen molar-refractivity contribution in [3.05, 3.63) is 42.5 Å². The lowest BCUT2D eigenvalue weighted by Gasteiger charge is -2.09. The summed E-state index contributed by atoms with van der Waals surface area (Å²) in [6, 6.07) is 5.66. The lowest BCUT2D eigenvalue weighted by atomic mass is 10.3. The molecule has 4 nitrogen and oxygen atoms in total. The van der Waals surface area contributed by atoms with E-state index in [2.05, 4.69) is 15.3 Å². The van der Waals surface area contributed by atoms with Gasteiger partial charge in [-0.2, -0.15) is 0 Å². The molecule has 0 bridgehead atoms. The fourth-order valence-corrected chi connectivity index (χ4v) is 1.48. The van der Waals surface area contributed by atoms with Gasteiger partial charge in [0, 0.05) is 18.8 Å². The minimum Gasteiger partial charge on any atom is -0.454 e. The number of hydrogen-bond acceptors (Lipinski definition) is 4. The van der Waals surface area contributed by atoms with Crippen LogP contribution in [0.4, 0.5) is 5.69 Å². The lowest BCUT2D eigenvalue weighted by molar-refractivity contribution is 0.473. The molecule has 0 unspecified atom stereocenters. The Bertz CT molecular complexity index is 500. The number of pyridine rings is 2. The van der Waals surface area contributed by atoms with E-state index >= 15 is 0 Å². The Labute approximate surface area is 101 Å². The monoisotopic (exact) mass is 229 g/mol. The van der Waals surface area contributed by atoms with E-state index in [0.29, 0.717) is 5.75 Å². The van der Waals surface area contributed by atoms with Crippen molar-refractivity contribution in [1.82, 2.24) is 9.97 Å². The van der Waals surface area contributed by atoms with Gasteiger partial charge in [-0.25, -0.2) is 0 Å². The van der Waals surface area contributed by atoms with E-state index in [1.165, 1.54) is 0 Å². The Morgan fingerprint density at radius 2 is 2.24 bits per heavy atom. The Hall–Kier alpha value is -2.10. The van der Waals surface area contributed by atoms with Crippen molar-refractivity contribution < 1.29 is 4.74 Å². The Kier molecular flexibility index (Phi) is 3.55. The van der Waals surface area contributed by atoms with E-state index in [1.807, 2.05) is 32.0 Å². The van der Waals surface area contributed by atoms with E-state index in [-0.39, 0.29) is 0 Å². The molecule has 2 rings (SSSR count). The normalized spacial score (nSPS) is 10.0. The Morgan fingerprint density at radius 3 is 3.00 bits per heavy atom. The van der Waals surface area contributed by atoms with Crippen LogP contribution in [0.1, 0.15) is 12.6 Å². The molecule has 0 amide bonds. The number of ether oxygens (including phenoxy) is 1. The van der Waals surface area contributed by atoms with Gasteiger partial charge in [0.1, 0.15) is 11.5 Å². The zero-order valence-electron chi connectivity index (χ0n) is 9.97. The molecule has 0 saturated carbocycles. The van der Waals surface area contributed by atoms with Gasteiger partial charge in [0.15, 0.2) is 0 Å². The van der Waals surface area contributed by atoms with Crippen LogP contribution >= 0.6 is 0 Å². The first kappa shape index (κ1) is 11.4. The van der Waals surface area contributed by atoms with Crippen LogP contribution in [0.2, 0.25) is 0 Å². The molecule has 17 heavy (non-hydrogen) atoms. The largest absolute Gasteiger partial charge is 0.454 e. The maximum Gasteiger partial charge on any atom is 0.148 e. The number of nitrogens with one attached hydrogen (secondary N) is 1. The Morgan fingerprint density at radius 1 is 1.35 bits per heavy atom. The molecule has 0 aromatic carbocycles. The van der Waals surface area contributed by atoms with Crippen molar-refractivity contribution >= 4 is 5.69 Å². The van der Waals surface area contributed by atoms with E-state index in [1.54, 1.807) is 18.6 Å². The second-order valence-corrected chi connectivity index (χ2v) is 3.63. The summed E-state index contributed by atoms with van der Waals surface area (Å²) < 4.78 is 5.73. The maximum absolute atomic E-state index is 5.73. The van der Waals surface area contributed by atoms with Crippen molar-refractivity contribution in [3.63, 3.8) is 0 Å². The minimum atomic E-state index is 0.708. The summed E-state index contributed by atoms with van der Waals surface area (Å²) >= 11 is 0. The standard InChI is InChI=1S/C13H15N3O/c1-3-15-11-7-12(9-14-8-11)17-13-5-4-6-16-10(13)2/h4-9,15H,3H2,1-2H3. The summed E-state index contributed by atoms with van der Waals surface area (Å²) in [5, 5.41) is 3.19. The third-order valence-corrected chi connectivity index (χ3v) is 2.28. The predicted molar refractivity (Wildman–Crippen MR) is 67.4 cm³/mol. The topological polar surface area (TPSA) is 47.0 Å². The van der Waals surface area contributed by atoms with Gasteiger partial charge in [0.2, 0.25) is 0 Å². The number of nitrogens with zero attached hydrogens (tertiary/aromatic N) is 2. The van der Waals surface area contributed by atoms with Gasteiger partial charge in [-0.3, -0.25) is 9.97 Å². The molecule has 0 spiro atoms. The molecule has 0 aliphatic rings. The van der Waals surface area contributed by atoms with Crippen molar-refractivity contribution in [3.8, 4) is 11.5 Å². The Balaban J connectivity index is 2.18. The zero-order valence-corrected chi connectivity index (χ0v) is 9.97. The molecule has 4 heteroatoms. The maximum atomic E-state index is 5.73. The van der Waals surface area contributed by atoms with Crippen molar-refractivity contribution in [1.29, 1.82) is 0 Å². The van der Waals surface area contributed by atoms with Crippen LogP contribution in [0.3, 0.4) is 0 Å². The van der Waals surface area contributed by atoms with Gasteiger partial charge in [-0.05, 0) is 26.0 Å². The molecular formula is C13H15N3O. The average molecular weight is 229 g/mol. The fraction of sp³-hybridized carbons (Fsp3) is 0.231. The van der Waals surface area contributed by atoms with E-state index in [0.717, 1.165) is 23.7 Å². The third kappa shape index (κ3) is 2.93. The van der Waals surface area contributed by atoms with Gasteiger partial charge in [0.25, 0.3) is 0 Å². The molecule has 0 saturated heterocycles. The van der Waals surface area contributed by atoms with Gasteiger partial charge in [-0.15, -0.1) is 0 Å². The third-order valence-electron chi connectivity index (χ3n) is 2.28. The quantitative estimate of drug-likeness (QED) is 0.875. The first-order valence-corrected chi connectivity index (χ1v) is 5.58. The van der Waals surface area contributed by atoms with Crippen LogP contribution in [0.5, 0.6) is 11.5 Å². The molecule has 0 aliphatic carbocycles. The smallest absolute Gasteiger partial charge is 0.148 e. The van der Waals surface area contributed by atoms with Crippen molar-refractivity contribution in [2.45, 2.75) is 13.8 Å². The number of aryl methyl sites for hydroxylation is 1. The van der Waals surface area contributed by atoms with Crippen molar-refractivity contribution in [2.75, 3.05) is 11.9 Å². The molecule has 0 aliphatic heterocycles. The molecule has 0 atom stereocenters. The van der Waals surface area contributed by atoms with Gasteiger partial charge >= 0.3 is 0 Å². The van der Waals surface area contributed by atoms with Gasteiger partial charge in [-0.1, -0.05) is 0 Å². The summed E-state index contributed by atoms with van der Waals surface area (Å²) in [6.07, 6.45) is 5.20. The summed E-state index contributed by atoms with van der Waals surface area (Å²) in [5.41, 5.74) is 1.81. The minimum absolute atomic E-state index is 0.708. The number of hydrogen-bond donors (Lipinski definition) is 1. The SMILES string of the molecule is CCNc1cncc(Oc2cccnc2C)c1. The van der Waals surface area contributed by atoms with Gasteiger partial charge < -0.3 is 10.1 Å². The zero-order chi connectivity index (χ0) is 12.1. The van der Waals surface area contributed by atoms with E-state index < -0.39 is 0 Å². The van der Waals surface area contributed by atoms with Gasteiger partial charge in [0.05, 0.1) is 23.8 Å². The molecule has 2 heterocycles. The van der Waals surface area contributed by atoms with Crippen LogP contribution in [-0.4, -0.2) is 16.5 Å². The second-order valence-electron chi connectivity index (χ2n) is 3.63. The van der Waals surface area contributed by atoms with Crippen molar-refractivity contribution in [2.24, 2.45) is 0 Å². The molecule has 0 fully saturated rings. The summed E-state index contributed by atoms with van der Waals surface area (Å²) in [4.78, 5) is 8.29. The highest BCUT2D eigenvalue weighted by atomic mass is 16.5. The van der Waals surface area contributed by atoms with Crippen LogP contribution in [0, 0.1) is 6.92 Å². The average Bonchev–Trinajstić information content (AvgIpc) is 2.33. The lowest BCUT2D eigenvalue weighted by Crippen LogP contribution is -1.97. The molecule has 88 valence electrons. The molecule has 2 aromatic rings. The number of aromatic nitrogens is 2. The van der Waals surface area contributed by atoms with E-state index in [9.17, 15) is 0 Å². The molecule has 1 N–H and O–H groups in total. The van der Waals surface area contributed by atoms with Crippen LogP contribution < -0.4 is 10.1 Å². The highest BCUT2D eigenvalue weighted by Gasteiger charge is 2.02. The summed E-state index contributed by atoms with van der Waals surface area (Å²) in [6.45, 7) is 4.81. The fourth-order valence-electron chi connectivity index (χ4n) is 1.48. The highest BCUT2D eigenvalue weighted by molar-refractivity contribution is 5.46. The van der Waals surface area contributed by atoms with Crippen LogP contribution in [-0.2, 0) is 0 Å².